The van der Waals surface area contributed by atoms with Crippen molar-refractivity contribution in [1.82, 2.24) is 5.32 Å². The van der Waals surface area contributed by atoms with Crippen molar-refractivity contribution >= 4 is 5.91 Å². The van der Waals surface area contributed by atoms with Gasteiger partial charge in [0.05, 0.1) is 20.3 Å². The summed E-state index contributed by atoms with van der Waals surface area (Å²) in [7, 11) is 3.26. The molecule has 1 amide bonds. The van der Waals surface area contributed by atoms with Crippen LogP contribution in [0.25, 0.3) is 0 Å². The molecule has 1 atom stereocenters. The fourth-order valence-corrected chi connectivity index (χ4v) is 3.64. The van der Waals surface area contributed by atoms with E-state index >= 15 is 0 Å². The van der Waals surface area contributed by atoms with Crippen molar-refractivity contribution in [2.75, 3.05) is 20.8 Å². The van der Waals surface area contributed by atoms with E-state index in [-0.39, 0.29) is 17.4 Å². The SMILES string of the molecule is COc1ccc(OC)c(C(C)NC(=O)CC2(CN)CCCCC2)c1. The Balaban J connectivity index is 2.05. The van der Waals surface area contributed by atoms with Gasteiger partial charge in [-0.25, -0.2) is 0 Å². The summed E-state index contributed by atoms with van der Waals surface area (Å²) in [5.41, 5.74) is 6.88. The van der Waals surface area contributed by atoms with Crippen molar-refractivity contribution < 1.29 is 14.3 Å². The van der Waals surface area contributed by atoms with Gasteiger partial charge in [0.25, 0.3) is 0 Å². The van der Waals surface area contributed by atoms with Crippen LogP contribution in [-0.4, -0.2) is 26.7 Å². The van der Waals surface area contributed by atoms with Gasteiger partial charge in [0.15, 0.2) is 0 Å². The minimum atomic E-state index is -0.152. The van der Waals surface area contributed by atoms with Crippen molar-refractivity contribution in [3.63, 3.8) is 0 Å². The zero-order chi connectivity index (χ0) is 17.6. The maximum atomic E-state index is 12.6. The van der Waals surface area contributed by atoms with Gasteiger partial charge in [-0.05, 0) is 49.9 Å². The van der Waals surface area contributed by atoms with Crippen LogP contribution < -0.4 is 20.5 Å². The second kappa shape index (κ2) is 8.38. The Morgan fingerprint density at radius 1 is 1.25 bits per heavy atom. The van der Waals surface area contributed by atoms with E-state index in [0.29, 0.717) is 13.0 Å². The molecule has 1 saturated carbocycles. The molecule has 1 aliphatic rings. The minimum Gasteiger partial charge on any atom is -0.497 e. The highest BCUT2D eigenvalue weighted by Crippen LogP contribution is 2.38. The maximum Gasteiger partial charge on any atom is 0.221 e. The van der Waals surface area contributed by atoms with E-state index in [1.807, 2.05) is 25.1 Å². The fourth-order valence-electron chi connectivity index (χ4n) is 3.64. The van der Waals surface area contributed by atoms with Crippen molar-refractivity contribution in [1.29, 1.82) is 0 Å². The summed E-state index contributed by atoms with van der Waals surface area (Å²) >= 11 is 0. The smallest absolute Gasteiger partial charge is 0.221 e. The van der Waals surface area contributed by atoms with Crippen LogP contribution in [0.3, 0.4) is 0 Å². The molecule has 1 aliphatic carbocycles. The average molecular weight is 334 g/mol. The van der Waals surface area contributed by atoms with Crippen LogP contribution in [0.4, 0.5) is 0 Å². The molecule has 134 valence electrons. The number of ether oxygens (including phenoxy) is 2. The molecule has 1 aromatic carbocycles. The van der Waals surface area contributed by atoms with Crippen molar-refractivity contribution in [3.8, 4) is 11.5 Å². The summed E-state index contributed by atoms with van der Waals surface area (Å²) in [6, 6.07) is 5.46. The Bertz CT molecular complexity index is 554. The monoisotopic (exact) mass is 334 g/mol. The van der Waals surface area contributed by atoms with E-state index < -0.39 is 0 Å². The molecule has 0 bridgehead atoms. The zero-order valence-corrected chi connectivity index (χ0v) is 15.1. The first kappa shape index (κ1) is 18.6. The third kappa shape index (κ3) is 4.41. The molecule has 0 spiro atoms. The topological polar surface area (TPSA) is 73.6 Å². The number of nitrogens with one attached hydrogen (secondary N) is 1. The van der Waals surface area contributed by atoms with Gasteiger partial charge in [0.1, 0.15) is 11.5 Å². The lowest BCUT2D eigenvalue weighted by Gasteiger charge is -2.36. The quantitative estimate of drug-likeness (QED) is 0.803. The Hall–Kier alpha value is -1.75. The third-order valence-electron chi connectivity index (χ3n) is 5.16. The molecule has 0 radical (unpaired) electrons. The molecule has 24 heavy (non-hydrogen) atoms. The third-order valence-corrected chi connectivity index (χ3v) is 5.16. The van der Waals surface area contributed by atoms with E-state index in [0.717, 1.165) is 29.9 Å². The van der Waals surface area contributed by atoms with Crippen LogP contribution in [0.2, 0.25) is 0 Å². The zero-order valence-electron chi connectivity index (χ0n) is 15.1. The van der Waals surface area contributed by atoms with Crippen LogP contribution in [0.15, 0.2) is 18.2 Å². The van der Waals surface area contributed by atoms with Gasteiger partial charge in [0.2, 0.25) is 5.91 Å². The number of methoxy groups -OCH3 is 2. The summed E-state index contributed by atoms with van der Waals surface area (Å²) in [5, 5.41) is 3.10. The highest BCUT2D eigenvalue weighted by molar-refractivity contribution is 5.77. The molecule has 1 aromatic rings. The van der Waals surface area contributed by atoms with Gasteiger partial charge in [-0.3, -0.25) is 4.79 Å². The average Bonchev–Trinajstić information content (AvgIpc) is 2.61. The first-order chi connectivity index (χ1) is 11.5. The van der Waals surface area contributed by atoms with Crippen LogP contribution in [0, 0.1) is 5.41 Å². The van der Waals surface area contributed by atoms with E-state index in [4.69, 9.17) is 15.2 Å². The van der Waals surface area contributed by atoms with Gasteiger partial charge in [-0.1, -0.05) is 19.3 Å². The van der Waals surface area contributed by atoms with E-state index in [1.54, 1.807) is 14.2 Å². The lowest BCUT2D eigenvalue weighted by Crippen LogP contribution is -2.39. The number of hydrogen-bond donors (Lipinski definition) is 2. The Morgan fingerprint density at radius 3 is 2.54 bits per heavy atom. The van der Waals surface area contributed by atoms with Crippen LogP contribution in [0.5, 0.6) is 11.5 Å². The van der Waals surface area contributed by atoms with Crippen LogP contribution in [0.1, 0.15) is 57.1 Å². The second-order valence-electron chi connectivity index (χ2n) is 6.84. The normalized spacial score (nSPS) is 17.8. The molecular formula is C19H30N2O3. The highest BCUT2D eigenvalue weighted by atomic mass is 16.5. The van der Waals surface area contributed by atoms with Crippen LogP contribution >= 0.6 is 0 Å². The summed E-state index contributed by atoms with van der Waals surface area (Å²) in [5.74, 6) is 1.55. The molecule has 1 unspecified atom stereocenters. The van der Waals surface area contributed by atoms with Gasteiger partial charge in [0, 0.05) is 12.0 Å². The molecule has 0 saturated heterocycles. The van der Waals surface area contributed by atoms with E-state index in [2.05, 4.69) is 5.32 Å². The van der Waals surface area contributed by atoms with E-state index in [9.17, 15) is 4.79 Å². The van der Waals surface area contributed by atoms with Gasteiger partial charge in [-0.2, -0.15) is 0 Å². The van der Waals surface area contributed by atoms with Gasteiger partial charge in [-0.15, -0.1) is 0 Å². The molecule has 1 fully saturated rings. The van der Waals surface area contributed by atoms with Gasteiger partial charge < -0.3 is 20.5 Å². The minimum absolute atomic E-state index is 0.0273. The van der Waals surface area contributed by atoms with Crippen molar-refractivity contribution in [2.24, 2.45) is 11.1 Å². The number of benzene rings is 1. The predicted octanol–water partition coefficient (Wildman–Crippen LogP) is 3.18. The molecule has 0 aliphatic heterocycles. The second-order valence-corrected chi connectivity index (χ2v) is 6.84. The predicted molar refractivity (Wildman–Crippen MR) is 95.3 cm³/mol. The molecule has 0 heterocycles. The first-order valence-corrected chi connectivity index (χ1v) is 8.75. The molecule has 5 nitrogen and oxygen atoms in total. The Morgan fingerprint density at radius 2 is 1.96 bits per heavy atom. The summed E-state index contributed by atoms with van der Waals surface area (Å²) < 4.78 is 10.7. The van der Waals surface area contributed by atoms with E-state index in [1.165, 1.54) is 19.3 Å². The lowest BCUT2D eigenvalue weighted by molar-refractivity contribution is -0.124. The molecule has 3 N–H and O–H groups in total. The standard InChI is InChI=1S/C19H30N2O3/c1-14(16-11-15(23-2)7-8-17(16)24-3)21-18(22)12-19(13-20)9-5-4-6-10-19/h7-8,11,14H,4-6,9-10,12-13,20H2,1-3H3,(H,21,22). The Labute approximate surface area is 144 Å². The number of rotatable bonds is 7. The van der Waals surface area contributed by atoms with Crippen molar-refractivity contribution in [3.05, 3.63) is 23.8 Å². The summed E-state index contributed by atoms with van der Waals surface area (Å²) in [6.07, 6.45) is 6.19. The highest BCUT2D eigenvalue weighted by Gasteiger charge is 2.33. The lowest BCUT2D eigenvalue weighted by atomic mass is 9.71. The molecule has 2 rings (SSSR count). The fraction of sp³-hybridized carbons (Fsp3) is 0.632. The number of hydrogen-bond acceptors (Lipinski definition) is 4. The number of carbonyl (C=O) groups excluding carboxylic acids is 1. The number of amides is 1. The first-order valence-electron chi connectivity index (χ1n) is 8.75. The molecule has 5 heteroatoms. The molecular weight excluding hydrogens is 304 g/mol. The number of nitrogens with two attached hydrogens (primary N) is 1. The van der Waals surface area contributed by atoms with Crippen molar-refractivity contribution in [2.45, 2.75) is 51.5 Å². The molecule has 0 aromatic heterocycles. The summed E-state index contributed by atoms with van der Waals surface area (Å²) in [6.45, 7) is 2.54. The van der Waals surface area contributed by atoms with Gasteiger partial charge >= 0.3 is 0 Å². The van der Waals surface area contributed by atoms with Crippen LogP contribution in [-0.2, 0) is 4.79 Å². The summed E-state index contributed by atoms with van der Waals surface area (Å²) in [4.78, 5) is 12.6. The largest absolute Gasteiger partial charge is 0.497 e. The number of carbonyl (C=O) groups is 1. The Kier molecular flexibility index (Phi) is 6.49. The maximum absolute atomic E-state index is 12.6.